The second-order valence-electron chi connectivity index (χ2n) is 9.44. The fourth-order valence-electron chi connectivity index (χ4n) is 5.14. The number of fused-ring (bicyclic) bond motifs is 2. The van der Waals surface area contributed by atoms with Gasteiger partial charge in [0, 0.05) is 40.6 Å². The van der Waals surface area contributed by atoms with Crippen molar-refractivity contribution in [3.63, 3.8) is 0 Å². The molecule has 2 atom stereocenters. The number of hydrogen-bond donors (Lipinski definition) is 1. The predicted octanol–water partition coefficient (Wildman–Crippen LogP) is 5.92. The summed E-state index contributed by atoms with van der Waals surface area (Å²) in [6.45, 7) is 4.76. The van der Waals surface area contributed by atoms with Crippen LogP contribution in [0.5, 0.6) is 0 Å². The van der Waals surface area contributed by atoms with Gasteiger partial charge in [-0.1, -0.05) is 36.4 Å². The summed E-state index contributed by atoms with van der Waals surface area (Å²) in [6.07, 6.45) is 4.86. The van der Waals surface area contributed by atoms with Gasteiger partial charge < -0.3 is 10.1 Å². The first-order valence-electron chi connectivity index (χ1n) is 12.5. The fraction of sp³-hybridized carbons (Fsp3) is 0.286. The number of ether oxygens (including phenoxy) is 1. The molecule has 9 heteroatoms. The lowest BCUT2D eigenvalue weighted by Gasteiger charge is -2.24. The quantitative estimate of drug-likeness (QED) is 0.198. The Morgan fingerprint density at radius 1 is 1.11 bits per heavy atom. The third-order valence-corrected chi connectivity index (χ3v) is 7.44. The van der Waals surface area contributed by atoms with Gasteiger partial charge in [0.25, 0.3) is 5.56 Å². The van der Waals surface area contributed by atoms with Crippen molar-refractivity contribution in [1.82, 2.24) is 24.1 Å². The number of benzene rings is 2. The van der Waals surface area contributed by atoms with Crippen molar-refractivity contribution in [2.24, 2.45) is 0 Å². The van der Waals surface area contributed by atoms with Crippen LogP contribution in [0.2, 0.25) is 0 Å². The molecule has 1 fully saturated rings. The average Bonchev–Trinajstić information content (AvgIpc) is 3.33. The molecule has 0 saturated carbocycles. The fourth-order valence-corrected chi connectivity index (χ4v) is 5.61. The van der Waals surface area contributed by atoms with Crippen LogP contribution in [0.1, 0.15) is 49.7 Å². The third kappa shape index (κ3) is 4.40. The maximum absolute atomic E-state index is 13.9. The molecule has 0 spiro atoms. The van der Waals surface area contributed by atoms with Gasteiger partial charge in [0.1, 0.15) is 6.23 Å². The zero-order chi connectivity index (χ0) is 25.5. The molecule has 1 N–H and O–H groups in total. The highest BCUT2D eigenvalue weighted by atomic mass is 127. The van der Waals surface area contributed by atoms with E-state index in [-0.39, 0.29) is 17.8 Å². The molecule has 1 saturated heterocycles. The van der Waals surface area contributed by atoms with E-state index >= 15 is 0 Å². The third-order valence-electron chi connectivity index (χ3n) is 6.95. The van der Waals surface area contributed by atoms with Gasteiger partial charge in [0.05, 0.1) is 17.8 Å². The number of rotatable bonds is 5. The van der Waals surface area contributed by atoms with E-state index in [1.54, 1.807) is 10.9 Å². The van der Waals surface area contributed by atoms with Crippen LogP contribution in [0, 0.1) is 10.8 Å². The molecule has 5 aromatic rings. The molecular formula is C28H27IN6O2. The highest BCUT2D eigenvalue weighted by Crippen LogP contribution is 2.30. The van der Waals surface area contributed by atoms with Crippen LogP contribution >= 0.6 is 22.6 Å². The summed E-state index contributed by atoms with van der Waals surface area (Å²) in [4.78, 5) is 27.9. The predicted molar refractivity (Wildman–Crippen MR) is 153 cm³/mol. The van der Waals surface area contributed by atoms with Crippen LogP contribution in [-0.2, 0) is 4.74 Å². The van der Waals surface area contributed by atoms with Crippen molar-refractivity contribution in [2.75, 3.05) is 11.9 Å². The van der Waals surface area contributed by atoms with Gasteiger partial charge >= 0.3 is 0 Å². The van der Waals surface area contributed by atoms with Gasteiger partial charge in [-0.2, -0.15) is 0 Å². The summed E-state index contributed by atoms with van der Waals surface area (Å²) in [5.41, 5.74) is 4.02. The highest BCUT2D eigenvalue weighted by molar-refractivity contribution is 14.1. The SMILES string of the molecule is Cc1cccc2cc([C@H](C)Nc3nc(I)nc4c3ncn4C3CCCCO3)n(-c3ccccc3)c(=O)c12. The average molecular weight is 606 g/mol. The van der Waals surface area contributed by atoms with Crippen LogP contribution in [0.3, 0.4) is 0 Å². The number of aryl methyl sites for hydroxylation is 1. The summed E-state index contributed by atoms with van der Waals surface area (Å²) in [6, 6.07) is 17.6. The molecule has 0 bridgehead atoms. The number of nitrogens with zero attached hydrogens (tertiary/aromatic N) is 5. The molecule has 0 aliphatic carbocycles. The van der Waals surface area contributed by atoms with E-state index in [4.69, 9.17) is 4.74 Å². The molecule has 3 aromatic heterocycles. The van der Waals surface area contributed by atoms with Gasteiger partial charge in [-0.3, -0.25) is 13.9 Å². The Hall–Kier alpha value is -3.31. The van der Waals surface area contributed by atoms with Crippen LogP contribution in [0.4, 0.5) is 5.82 Å². The van der Waals surface area contributed by atoms with Crippen LogP contribution in [-0.4, -0.2) is 30.7 Å². The highest BCUT2D eigenvalue weighted by Gasteiger charge is 2.23. The van der Waals surface area contributed by atoms with Crippen molar-refractivity contribution in [3.05, 3.63) is 86.4 Å². The van der Waals surface area contributed by atoms with Gasteiger partial charge in [0.15, 0.2) is 20.8 Å². The minimum Gasteiger partial charge on any atom is -0.360 e. The number of para-hydroxylation sites is 1. The van der Waals surface area contributed by atoms with Gasteiger partial charge in [-0.15, -0.1) is 0 Å². The van der Waals surface area contributed by atoms with Gasteiger partial charge in [-0.25, -0.2) is 15.0 Å². The smallest absolute Gasteiger partial charge is 0.263 e. The minimum atomic E-state index is -0.247. The molecule has 0 amide bonds. The van der Waals surface area contributed by atoms with E-state index in [1.165, 1.54) is 0 Å². The zero-order valence-corrected chi connectivity index (χ0v) is 22.8. The monoisotopic (exact) mass is 606 g/mol. The molecule has 1 unspecified atom stereocenters. The number of aromatic nitrogens is 5. The van der Waals surface area contributed by atoms with Crippen molar-refractivity contribution in [2.45, 2.75) is 45.4 Å². The molecule has 0 radical (unpaired) electrons. The standard InChI is InChI=1S/C28H27IN6O2/c1-17-9-8-10-19-15-21(35(27(36)23(17)19)20-11-4-3-5-12-20)18(2)31-25-24-26(33-28(29)32-25)34(16-30-24)22-13-6-7-14-37-22/h3-5,8-12,15-16,18,22H,6-7,13-14H2,1-2H3,(H,31,32,33)/t18-,22?/m0/s1. The first-order valence-corrected chi connectivity index (χ1v) is 13.6. The van der Waals surface area contributed by atoms with Crippen LogP contribution in [0.25, 0.3) is 27.6 Å². The van der Waals surface area contributed by atoms with E-state index in [1.807, 2.05) is 66.9 Å². The second-order valence-corrected chi connectivity index (χ2v) is 10.4. The van der Waals surface area contributed by atoms with E-state index in [0.29, 0.717) is 15.2 Å². The Balaban J connectivity index is 1.47. The topological polar surface area (TPSA) is 86.9 Å². The second kappa shape index (κ2) is 9.86. The van der Waals surface area contributed by atoms with E-state index in [9.17, 15) is 4.79 Å². The van der Waals surface area contributed by atoms with Crippen molar-refractivity contribution >= 4 is 50.3 Å². The largest absolute Gasteiger partial charge is 0.360 e. The number of nitrogens with one attached hydrogen (secondary N) is 1. The molecule has 2 aromatic carbocycles. The Labute approximate surface area is 227 Å². The molecule has 1 aliphatic heterocycles. The molecule has 188 valence electrons. The Morgan fingerprint density at radius 3 is 2.73 bits per heavy atom. The number of anilines is 1. The van der Waals surface area contributed by atoms with Crippen LogP contribution < -0.4 is 10.9 Å². The lowest BCUT2D eigenvalue weighted by molar-refractivity contribution is -0.0298. The number of pyridine rings is 1. The van der Waals surface area contributed by atoms with Crippen molar-refractivity contribution in [3.8, 4) is 5.69 Å². The van der Waals surface area contributed by atoms with E-state index < -0.39 is 0 Å². The number of imidazole rings is 1. The first kappa shape index (κ1) is 24.1. The maximum atomic E-state index is 13.9. The van der Waals surface area contributed by atoms with Gasteiger partial charge in [0.2, 0.25) is 0 Å². The molecule has 37 heavy (non-hydrogen) atoms. The normalized spacial score (nSPS) is 16.8. The summed E-state index contributed by atoms with van der Waals surface area (Å²) >= 11 is 2.14. The Morgan fingerprint density at radius 2 is 1.95 bits per heavy atom. The lowest BCUT2D eigenvalue weighted by Crippen LogP contribution is -2.26. The van der Waals surface area contributed by atoms with Crippen LogP contribution in [0.15, 0.2) is 65.7 Å². The van der Waals surface area contributed by atoms with E-state index in [0.717, 1.165) is 59.2 Å². The first-order chi connectivity index (χ1) is 18.0. The Bertz CT molecular complexity index is 1660. The van der Waals surface area contributed by atoms with E-state index in [2.05, 4.69) is 48.9 Å². The summed E-state index contributed by atoms with van der Waals surface area (Å²) in [5.74, 6) is 0.632. The minimum absolute atomic E-state index is 0.0356. The molecular weight excluding hydrogens is 579 g/mol. The zero-order valence-electron chi connectivity index (χ0n) is 20.7. The van der Waals surface area contributed by atoms with Gasteiger partial charge in [-0.05, 0) is 62.3 Å². The molecule has 4 heterocycles. The Kier molecular flexibility index (Phi) is 6.41. The molecule has 1 aliphatic rings. The summed E-state index contributed by atoms with van der Waals surface area (Å²) in [5, 5.41) is 5.19. The number of halogens is 1. The van der Waals surface area contributed by atoms with Crippen molar-refractivity contribution in [1.29, 1.82) is 0 Å². The summed E-state index contributed by atoms with van der Waals surface area (Å²) in [7, 11) is 0. The molecule has 6 rings (SSSR count). The number of hydrogen-bond acceptors (Lipinski definition) is 6. The molecule has 8 nitrogen and oxygen atoms in total. The maximum Gasteiger partial charge on any atom is 0.263 e. The van der Waals surface area contributed by atoms with Crippen molar-refractivity contribution < 1.29 is 4.74 Å². The summed E-state index contributed by atoms with van der Waals surface area (Å²) < 4.78 is 10.4. The lowest BCUT2D eigenvalue weighted by atomic mass is 10.0.